The Balaban J connectivity index is 2.02. The summed E-state index contributed by atoms with van der Waals surface area (Å²) < 4.78 is 18.9. The van der Waals surface area contributed by atoms with E-state index in [1.807, 2.05) is 0 Å². The number of hydrogen-bond acceptors (Lipinski definition) is 2. The van der Waals surface area contributed by atoms with Crippen LogP contribution < -0.4 is 4.74 Å². The third-order valence-corrected chi connectivity index (χ3v) is 4.36. The van der Waals surface area contributed by atoms with Gasteiger partial charge in [-0.25, -0.2) is 4.39 Å². The molecular weight excluding hydrogens is 255 g/mol. The fraction of sp³-hybridized carbons (Fsp3) is 0.588. The molecule has 0 heterocycles. The average Bonchev–Trinajstić information content (AvgIpc) is 2.47. The summed E-state index contributed by atoms with van der Waals surface area (Å²) in [7, 11) is 1.49. The van der Waals surface area contributed by atoms with Gasteiger partial charge in [0.25, 0.3) is 0 Å². The molecule has 20 heavy (non-hydrogen) atoms. The summed E-state index contributed by atoms with van der Waals surface area (Å²) in [5, 5.41) is 0. The Morgan fingerprint density at radius 2 is 2.00 bits per heavy atom. The molecule has 110 valence electrons. The molecule has 0 N–H and O–H groups in total. The number of rotatable bonds is 5. The summed E-state index contributed by atoms with van der Waals surface area (Å²) >= 11 is 0. The van der Waals surface area contributed by atoms with E-state index in [9.17, 15) is 9.18 Å². The van der Waals surface area contributed by atoms with Gasteiger partial charge in [-0.2, -0.15) is 0 Å². The number of ether oxygens (including phenoxy) is 1. The van der Waals surface area contributed by atoms with Crippen molar-refractivity contribution in [1.82, 2.24) is 0 Å². The van der Waals surface area contributed by atoms with Crippen molar-refractivity contribution in [3.8, 4) is 5.75 Å². The second kappa shape index (κ2) is 6.87. The van der Waals surface area contributed by atoms with E-state index < -0.39 is 5.82 Å². The van der Waals surface area contributed by atoms with E-state index in [0.29, 0.717) is 5.75 Å². The van der Waals surface area contributed by atoms with Gasteiger partial charge < -0.3 is 4.74 Å². The molecule has 1 fully saturated rings. The lowest BCUT2D eigenvalue weighted by Gasteiger charge is -2.27. The zero-order valence-corrected chi connectivity index (χ0v) is 12.3. The van der Waals surface area contributed by atoms with Crippen molar-refractivity contribution >= 4 is 5.78 Å². The number of benzene rings is 1. The molecule has 0 amide bonds. The van der Waals surface area contributed by atoms with Crippen LogP contribution in [0.15, 0.2) is 18.2 Å². The van der Waals surface area contributed by atoms with Crippen LogP contribution in [0.3, 0.4) is 0 Å². The summed E-state index contributed by atoms with van der Waals surface area (Å²) in [5.74, 6) is 0.687. The molecule has 0 aromatic heterocycles. The highest BCUT2D eigenvalue weighted by atomic mass is 19.1. The molecule has 0 atom stereocenters. The fourth-order valence-electron chi connectivity index (χ4n) is 3.16. The first-order valence-electron chi connectivity index (χ1n) is 7.53. The number of methoxy groups -OCH3 is 1. The van der Waals surface area contributed by atoms with Gasteiger partial charge in [0, 0.05) is 12.0 Å². The van der Waals surface area contributed by atoms with E-state index in [2.05, 4.69) is 6.92 Å². The molecule has 0 saturated heterocycles. The van der Waals surface area contributed by atoms with Gasteiger partial charge in [-0.15, -0.1) is 0 Å². The molecule has 1 aromatic rings. The molecular formula is C17H23FO2. The lowest BCUT2D eigenvalue weighted by atomic mass is 9.77. The summed E-state index contributed by atoms with van der Waals surface area (Å²) in [6, 6.07) is 4.49. The van der Waals surface area contributed by atoms with E-state index in [-0.39, 0.29) is 17.3 Å². The Hall–Kier alpha value is -1.38. The van der Waals surface area contributed by atoms with E-state index in [1.165, 1.54) is 26.0 Å². The average molecular weight is 278 g/mol. The summed E-state index contributed by atoms with van der Waals surface area (Å²) in [5.41, 5.74) is 0.213. The van der Waals surface area contributed by atoms with E-state index >= 15 is 0 Å². The van der Waals surface area contributed by atoms with E-state index in [0.717, 1.165) is 31.6 Å². The normalized spacial score (nSPS) is 22.6. The first kappa shape index (κ1) is 15.0. The molecule has 1 aliphatic carbocycles. The molecule has 1 aromatic carbocycles. The van der Waals surface area contributed by atoms with E-state index in [4.69, 9.17) is 4.74 Å². The minimum Gasteiger partial charge on any atom is -0.497 e. The Bertz CT molecular complexity index is 462. The molecule has 2 rings (SSSR count). The summed E-state index contributed by atoms with van der Waals surface area (Å²) in [4.78, 5) is 12.4. The van der Waals surface area contributed by atoms with Crippen molar-refractivity contribution in [2.45, 2.75) is 45.4 Å². The van der Waals surface area contributed by atoms with Crippen molar-refractivity contribution in [3.05, 3.63) is 29.6 Å². The number of carbonyl (C=O) groups is 1. The van der Waals surface area contributed by atoms with Gasteiger partial charge in [-0.3, -0.25) is 4.79 Å². The maximum absolute atomic E-state index is 13.9. The molecule has 2 nitrogen and oxygen atoms in total. The number of carbonyl (C=O) groups excluding carboxylic acids is 1. The third kappa shape index (κ3) is 3.38. The lowest BCUT2D eigenvalue weighted by molar-refractivity contribution is 0.0865. The minimum atomic E-state index is -0.468. The van der Waals surface area contributed by atoms with Gasteiger partial charge in [0.1, 0.15) is 11.6 Å². The molecule has 3 heteroatoms. The van der Waals surface area contributed by atoms with Crippen LogP contribution in [0.25, 0.3) is 0 Å². The topological polar surface area (TPSA) is 26.3 Å². The second-order valence-corrected chi connectivity index (χ2v) is 5.72. The quantitative estimate of drug-likeness (QED) is 0.734. The maximum atomic E-state index is 13.9. The van der Waals surface area contributed by atoms with Crippen LogP contribution in [0.4, 0.5) is 4.39 Å². The van der Waals surface area contributed by atoms with Gasteiger partial charge in [-0.05, 0) is 43.7 Å². The van der Waals surface area contributed by atoms with Crippen LogP contribution in [0, 0.1) is 17.7 Å². The number of Topliss-reactive ketones (excluding diaryl/α,β-unsaturated/α-hetero) is 1. The zero-order valence-electron chi connectivity index (χ0n) is 12.3. The van der Waals surface area contributed by atoms with Gasteiger partial charge in [0.05, 0.1) is 12.7 Å². The first-order chi connectivity index (χ1) is 9.65. The van der Waals surface area contributed by atoms with Crippen LogP contribution in [-0.4, -0.2) is 12.9 Å². The molecule has 0 unspecified atom stereocenters. The van der Waals surface area contributed by atoms with Crippen LogP contribution >= 0.6 is 0 Å². The number of ketones is 1. The zero-order chi connectivity index (χ0) is 14.5. The molecule has 0 aliphatic heterocycles. The molecule has 1 aliphatic rings. The predicted octanol–water partition coefficient (Wildman–Crippen LogP) is 4.62. The van der Waals surface area contributed by atoms with Crippen LogP contribution in [0.5, 0.6) is 5.75 Å². The molecule has 0 radical (unpaired) electrons. The Morgan fingerprint density at radius 3 is 2.55 bits per heavy atom. The third-order valence-electron chi connectivity index (χ3n) is 4.36. The Morgan fingerprint density at radius 1 is 1.30 bits per heavy atom. The number of halogens is 1. The monoisotopic (exact) mass is 278 g/mol. The van der Waals surface area contributed by atoms with Crippen LogP contribution in [0.2, 0.25) is 0 Å². The highest BCUT2D eigenvalue weighted by molar-refractivity contribution is 5.98. The van der Waals surface area contributed by atoms with Crippen LogP contribution in [0.1, 0.15) is 55.8 Å². The first-order valence-corrected chi connectivity index (χ1v) is 7.53. The van der Waals surface area contributed by atoms with Gasteiger partial charge in [0.15, 0.2) is 5.78 Å². The Labute approximate surface area is 120 Å². The highest BCUT2D eigenvalue weighted by Gasteiger charge is 2.28. The Kier molecular flexibility index (Phi) is 5.16. The summed E-state index contributed by atoms with van der Waals surface area (Å²) in [6.07, 6.45) is 6.45. The largest absolute Gasteiger partial charge is 0.497 e. The van der Waals surface area contributed by atoms with Gasteiger partial charge in [0.2, 0.25) is 0 Å². The summed E-state index contributed by atoms with van der Waals surface area (Å²) in [6.45, 7) is 2.20. The SMILES string of the molecule is CCCC1CCC(C(=O)c2ccc(OC)cc2F)CC1. The van der Waals surface area contributed by atoms with Crippen molar-refractivity contribution in [1.29, 1.82) is 0 Å². The minimum absolute atomic E-state index is 0.00833. The van der Waals surface area contributed by atoms with Gasteiger partial charge in [-0.1, -0.05) is 19.8 Å². The molecule has 1 saturated carbocycles. The van der Waals surface area contributed by atoms with Crippen molar-refractivity contribution in [3.63, 3.8) is 0 Å². The standard InChI is InChI=1S/C17H23FO2/c1-3-4-12-5-7-13(8-6-12)17(19)15-10-9-14(20-2)11-16(15)18/h9-13H,3-8H2,1-2H3. The second-order valence-electron chi connectivity index (χ2n) is 5.72. The highest BCUT2D eigenvalue weighted by Crippen LogP contribution is 2.34. The molecule has 0 bridgehead atoms. The van der Waals surface area contributed by atoms with E-state index in [1.54, 1.807) is 12.1 Å². The van der Waals surface area contributed by atoms with Crippen molar-refractivity contribution in [2.24, 2.45) is 11.8 Å². The van der Waals surface area contributed by atoms with Crippen LogP contribution in [-0.2, 0) is 0 Å². The molecule has 0 spiro atoms. The van der Waals surface area contributed by atoms with Crippen molar-refractivity contribution < 1.29 is 13.9 Å². The van der Waals surface area contributed by atoms with Crippen molar-refractivity contribution in [2.75, 3.05) is 7.11 Å². The predicted molar refractivity (Wildman–Crippen MR) is 77.6 cm³/mol. The smallest absolute Gasteiger partial charge is 0.168 e. The van der Waals surface area contributed by atoms with Gasteiger partial charge >= 0.3 is 0 Å². The number of hydrogen-bond donors (Lipinski definition) is 0. The lowest BCUT2D eigenvalue weighted by Crippen LogP contribution is -2.22. The maximum Gasteiger partial charge on any atom is 0.168 e. The fourth-order valence-corrected chi connectivity index (χ4v) is 3.16.